The molecule has 5 nitrogen and oxygen atoms in total. The third-order valence-electron chi connectivity index (χ3n) is 5.96. The van der Waals surface area contributed by atoms with Crippen LogP contribution in [0.3, 0.4) is 0 Å². The van der Waals surface area contributed by atoms with Crippen LogP contribution in [0.4, 0.5) is 0 Å². The van der Waals surface area contributed by atoms with E-state index < -0.39 is 6.04 Å². The lowest BCUT2D eigenvalue weighted by Gasteiger charge is -2.32. The van der Waals surface area contributed by atoms with Crippen LogP contribution in [-0.2, 0) is 16.1 Å². The van der Waals surface area contributed by atoms with Gasteiger partial charge in [0.05, 0.1) is 4.47 Å². The molecule has 0 aliphatic heterocycles. The summed E-state index contributed by atoms with van der Waals surface area (Å²) in [7, 11) is 0. The average Bonchev–Trinajstić information content (AvgIpc) is 2.85. The molecule has 0 bridgehead atoms. The molecule has 0 aromatic heterocycles. The van der Waals surface area contributed by atoms with Crippen LogP contribution in [0.1, 0.15) is 39.2 Å². The first-order valence-corrected chi connectivity index (χ1v) is 13.1. The molecule has 0 unspecified atom stereocenters. The zero-order valence-electron chi connectivity index (χ0n) is 20.0. The number of hydrogen-bond acceptors (Lipinski definition) is 3. The van der Waals surface area contributed by atoms with E-state index in [1.165, 1.54) is 4.90 Å². The van der Waals surface area contributed by atoms with Crippen molar-refractivity contribution in [1.82, 2.24) is 10.2 Å². The molecule has 2 atom stereocenters. The van der Waals surface area contributed by atoms with Crippen molar-refractivity contribution in [1.29, 1.82) is 0 Å². The Balaban J connectivity index is 1.88. The smallest absolute Gasteiger partial charge is 0.261 e. The molecule has 0 saturated heterocycles. The predicted molar refractivity (Wildman–Crippen MR) is 146 cm³/mol. The Morgan fingerprint density at radius 3 is 2.34 bits per heavy atom. The molecule has 2 amide bonds. The molecule has 3 rings (SSSR count). The summed E-state index contributed by atoms with van der Waals surface area (Å²) in [6.45, 7) is 5.64. The normalized spacial score (nSPS) is 12.7. The zero-order chi connectivity index (χ0) is 25.5. The lowest BCUT2D eigenvalue weighted by Crippen LogP contribution is -2.51. The molecular weight excluding hydrogens is 551 g/mol. The zero-order valence-corrected chi connectivity index (χ0v) is 23.1. The molecule has 0 aliphatic carbocycles. The number of rotatable bonds is 10. The first kappa shape index (κ1) is 27.3. The van der Waals surface area contributed by atoms with Gasteiger partial charge in [0.2, 0.25) is 5.91 Å². The summed E-state index contributed by atoms with van der Waals surface area (Å²) in [4.78, 5) is 28.1. The van der Waals surface area contributed by atoms with E-state index in [1.54, 1.807) is 18.2 Å². The third-order valence-corrected chi connectivity index (χ3v) is 7.48. The van der Waals surface area contributed by atoms with Gasteiger partial charge in [-0.15, -0.1) is 0 Å². The second-order valence-corrected chi connectivity index (χ2v) is 9.96. The summed E-state index contributed by atoms with van der Waals surface area (Å²) in [5, 5.41) is 5.90. The lowest BCUT2D eigenvalue weighted by atomic mass is 10.1. The topological polar surface area (TPSA) is 58.6 Å². The number of fused-ring (bicyclic) bond motifs is 1. The highest BCUT2D eigenvalue weighted by molar-refractivity contribution is 9.10. The van der Waals surface area contributed by atoms with Crippen molar-refractivity contribution in [3.63, 3.8) is 0 Å². The predicted octanol–water partition coefficient (Wildman–Crippen LogP) is 7.01. The van der Waals surface area contributed by atoms with Gasteiger partial charge in [-0.05, 0) is 64.7 Å². The Morgan fingerprint density at radius 2 is 1.69 bits per heavy atom. The van der Waals surface area contributed by atoms with Crippen molar-refractivity contribution >= 4 is 61.7 Å². The summed E-state index contributed by atoms with van der Waals surface area (Å²) in [6, 6.07) is 16.1. The maximum absolute atomic E-state index is 13.5. The summed E-state index contributed by atoms with van der Waals surface area (Å²) in [6.07, 6.45) is 1.21. The number of ether oxygens (including phenoxy) is 1. The van der Waals surface area contributed by atoms with Crippen LogP contribution in [0.5, 0.6) is 5.75 Å². The van der Waals surface area contributed by atoms with Crippen molar-refractivity contribution in [2.24, 2.45) is 0 Å². The Morgan fingerprint density at radius 1 is 1.00 bits per heavy atom. The minimum Gasteiger partial charge on any atom is -0.483 e. The van der Waals surface area contributed by atoms with Gasteiger partial charge >= 0.3 is 0 Å². The molecule has 3 aromatic carbocycles. The number of nitrogens with zero attached hydrogens (tertiary/aromatic N) is 1. The molecule has 35 heavy (non-hydrogen) atoms. The summed E-state index contributed by atoms with van der Waals surface area (Å²) in [5.74, 6) is -0.0117. The maximum atomic E-state index is 13.5. The van der Waals surface area contributed by atoms with E-state index in [9.17, 15) is 9.59 Å². The Hall–Kier alpha value is -2.28. The number of nitrogens with one attached hydrogen (secondary N) is 1. The van der Waals surface area contributed by atoms with E-state index in [4.69, 9.17) is 27.9 Å². The van der Waals surface area contributed by atoms with E-state index in [1.807, 2.05) is 57.2 Å². The summed E-state index contributed by atoms with van der Waals surface area (Å²) >= 11 is 16.4. The fourth-order valence-electron chi connectivity index (χ4n) is 3.76. The Labute approximate surface area is 224 Å². The van der Waals surface area contributed by atoms with Crippen LogP contribution >= 0.6 is 39.1 Å². The number of carbonyl (C=O) groups excluding carboxylic acids is 2. The van der Waals surface area contributed by atoms with E-state index >= 15 is 0 Å². The van der Waals surface area contributed by atoms with Gasteiger partial charge in [-0.3, -0.25) is 9.59 Å². The van der Waals surface area contributed by atoms with Crippen LogP contribution in [0, 0.1) is 0 Å². The fourth-order valence-corrected chi connectivity index (χ4v) is 4.89. The number of halogens is 3. The number of benzene rings is 3. The molecule has 186 valence electrons. The molecular formula is C27H29BrCl2N2O3. The minimum atomic E-state index is -0.701. The Bertz CT molecular complexity index is 1180. The summed E-state index contributed by atoms with van der Waals surface area (Å²) in [5.41, 5.74) is 0.589. The van der Waals surface area contributed by atoms with Gasteiger partial charge in [0.25, 0.3) is 5.91 Å². The molecule has 0 radical (unpaired) electrons. The van der Waals surface area contributed by atoms with Gasteiger partial charge in [-0.2, -0.15) is 0 Å². The Kier molecular flexibility index (Phi) is 9.84. The van der Waals surface area contributed by atoms with Gasteiger partial charge in [0.15, 0.2) is 6.61 Å². The van der Waals surface area contributed by atoms with Gasteiger partial charge in [-0.25, -0.2) is 0 Å². The number of amides is 2. The van der Waals surface area contributed by atoms with Gasteiger partial charge in [0, 0.05) is 28.2 Å². The van der Waals surface area contributed by atoms with Crippen LogP contribution in [-0.4, -0.2) is 35.4 Å². The van der Waals surface area contributed by atoms with Crippen molar-refractivity contribution in [3.05, 3.63) is 74.7 Å². The quantitative estimate of drug-likeness (QED) is 0.281. The van der Waals surface area contributed by atoms with Crippen LogP contribution in [0.25, 0.3) is 10.8 Å². The molecule has 0 heterocycles. The lowest BCUT2D eigenvalue weighted by molar-refractivity contribution is -0.143. The molecule has 0 fully saturated rings. The second-order valence-electron chi connectivity index (χ2n) is 8.35. The van der Waals surface area contributed by atoms with Gasteiger partial charge in [-0.1, -0.05) is 73.4 Å². The summed E-state index contributed by atoms with van der Waals surface area (Å²) < 4.78 is 6.70. The molecule has 0 saturated carbocycles. The fraction of sp³-hybridized carbons (Fsp3) is 0.333. The van der Waals surface area contributed by atoms with Crippen molar-refractivity contribution < 1.29 is 14.3 Å². The highest BCUT2D eigenvalue weighted by Crippen LogP contribution is 2.33. The third kappa shape index (κ3) is 6.69. The van der Waals surface area contributed by atoms with E-state index in [2.05, 4.69) is 21.2 Å². The largest absolute Gasteiger partial charge is 0.483 e. The molecule has 1 N–H and O–H groups in total. The molecule has 3 aromatic rings. The van der Waals surface area contributed by atoms with E-state index in [-0.39, 0.29) is 31.0 Å². The van der Waals surface area contributed by atoms with Gasteiger partial charge < -0.3 is 15.0 Å². The van der Waals surface area contributed by atoms with Crippen molar-refractivity contribution in [2.75, 3.05) is 6.61 Å². The molecule has 8 heteroatoms. The SMILES string of the molecule is CC[C@@H](C)NC(=O)[C@H](CC)N(Cc1c(Cl)cccc1Cl)C(=O)COc1ccc2ccccc2c1Br. The highest BCUT2D eigenvalue weighted by atomic mass is 79.9. The maximum Gasteiger partial charge on any atom is 0.261 e. The molecule has 0 spiro atoms. The second kappa shape index (κ2) is 12.6. The highest BCUT2D eigenvalue weighted by Gasteiger charge is 2.30. The van der Waals surface area contributed by atoms with E-state index in [0.29, 0.717) is 27.8 Å². The monoisotopic (exact) mass is 578 g/mol. The van der Waals surface area contributed by atoms with Crippen LogP contribution in [0.15, 0.2) is 59.1 Å². The van der Waals surface area contributed by atoms with E-state index in [0.717, 1.165) is 21.7 Å². The molecule has 0 aliphatic rings. The standard InChI is InChI=1S/C27H29BrCl2N2O3/c1-4-17(3)31-27(34)23(5-2)32(15-20-21(29)11-8-12-22(20)30)25(33)16-35-24-14-13-18-9-6-7-10-19(18)26(24)28/h6-14,17,23H,4-5,15-16H2,1-3H3,(H,31,34)/t17-,23+/m1/s1. The first-order chi connectivity index (χ1) is 16.8. The number of hydrogen-bond donors (Lipinski definition) is 1. The minimum absolute atomic E-state index is 0.0118. The van der Waals surface area contributed by atoms with Gasteiger partial charge in [0.1, 0.15) is 11.8 Å². The van der Waals surface area contributed by atoms with Crippen LogP contribution < -0.4 is 10.1 Å². The first-order valence-electron chi connectivity index (χ1n) is 11.6. The van der Waals surface area contributed by atoms with Crippen LogP contribution in [0.2, 0.25) is 10.0 Å². The average molecular weight is 580 g/mol. The van der Waals surface area contributed by atoms with Crippen molar-refractivity contribution in [2.45, 2.75) is 52.2 Å². The van der Waals surface area contributed by atoms with Crippen molar-refractivity contribution in [3.8, 4) is 5.75 Å². The number of carbonyl (C=O) groups is 2.